The van der Waals surface area contributed by atoms with Gasteiger partial charge in [-0.05, 0) is 66.3 Å². The van der Waals surface area contributed by atoms with E-state index >= 15 is 0 Å². The van der Waals surface area contributed by atoms with E-state index in [0.29, 0.717) is 22.4 Å². The number of benzene rings is 3. The second-order valence-electron chi connectivity index (χ2n) is 8.54. The molecular weight excluding hydrogens is 425 g/mol. The van der Waals surface area contributed by atoms with Crippen LogP contribution in [0.15, 0.2) is 60.7 Å². The molecule has 0 atom stereocenters. The van der Waals surface area contributed by atoms with E-state index in [9.17, 15) is 13.2 Å². The third kappa shape index (κ3) is 5.14. The molecule has 4 rings (SSSR count). The molecule has 0 aromatic heterocycles. The molecule has 1 N–H and O–H groups in total. The summed E-state index contributed by atoms with van der Waals surface area (Å²) < 4.78 is 49.0. The van der Waals surface area contributed by atoms with E-state index in [1.54, 1.807) is 54.6 Å². The van der Waals surface area contributed by atoms with Crippen LogP contribution in [-0.2, 0) is 6.61 Å². The van der Waals surface area contributed by atoms with Gasteiger partial charge in [0, 0.05) is 17.2 Å². The number of aliphatic hydroxyl groups is 1. The molecule has 0 amide bonds. The minimum atomic E-state index is -0.832. The van der Waals surface area contributed by atoms with Crippen LogP contribution >= 0.6 is 0 Å². The summed E-state index contributed by atoms with van der Waals surface area (Å²) in [4.78, 5) is 0. The lowest BCUT2D eigenvalue weighted by molar-refractivity contribution is 0.282. The van der Waals surface area contributed by atoms with E-state index in [-0.39, 0.29) is 29.8 Å². The van der Waals surface area contributed by atoms with Gasteiger partial charge in [-0.2, -0.15) is 0 Å². The van der Waals surface area contributed by atoms with Crippen molar-refractivity contribution in [1.29, 1.82) is 0 Å². The van der Waals surface area contributed by atoms with Gasteiger partial charge in [0.2, 0.25) is 0 Å². The van der Waals surface area contributed by atoms with Crippen LogP contribution in [0.5, 0.6) is 5.75 Å². The van der Waals surface area contributed by atoms with Crippen LogP contribution in [0, 0.1) is 23.4 Å². The van der Waals surface area contributed by atoms with Crippen LogP contribution in [0.2, 0.25) is 0 Å². The third-order valence-corrected chi connectivity index (χ3v) is 6.53. The summed E-state index contributed by atoms with van der Waals surface area (Å²) >= 11 is 0. The van der Waals surface area contributed by atoms with E-state index in [1.165, 1.54) is 13.2 Å². The average molecular weight is 453 g/mol. The average Bonchev–Trinajstić information content (AvgIpc) is 2.85. The molecule has 3 aromatic carbocycles. The van der Waals surface area contributed by atoms with Crippen molar-refractivity contribution in [1.82, 2.24) is 0 Å². The molecule has 3 aromatic rings. The normalized spacial score (nSPS) is 18.6. The Morgan fingerprint density at radius 3 is 2.27 bits per heavy atom. The first-order valence-corrected chi connectivity index (χ1v) is 11.2. The van der Waals surface area contributed by atoms with Crippen LogP contribution < -0.4 is 4.74 Å². The van der Waals surface area contributed by atoms with Crippen LogP contribution in [0.1, 0.15) is 48.3 Å². The molecule has 1 fully saturated rings. The molecular formula is C28H27F3O2. The monoisotopic (exact) mass is 452 g/mol. The smallest absolute Gasteiger partial charge is 0.166 e. The van der Waals surface area contributed by atoms with Crippen molar-refractivity contribution in [2.45, 2.75) is 38.2 Å². The van der Waals surface area contributed by atoms with Crippen molar-refractivity contribution in [3.05, 3.63) is 94.8 Å². The van der Waals surface area contributed by atoms with Gasteiger partial charge in [0.1, 0.15) is 11.6 Å². The predicted octanol–water partition coefficient (Wildman–Crippen LogP) is 7.26. The highest BCUT2D eigenvalue weighted by molar-refractivity contribution is 5.65. The van der Waals surface area contributed by atoms with E-state index in [4.69, 9.17) is 9.84 Å². The summed E-state index contributed by atoms with van der Waals surface area (Å²) in [6.07, 6.45) is 6.98. The highest BCUT2D eigenvalue weighted by Gasteiger charge is 2.25. The standard InChI is InChI=1S/C28H27F3O2/c1-33-23-13-12-22(26(29)16-23)11-4-18-2-7-20(8-3-18)24-14-15-25(28(31)27(24)30)21-9-5-19(17-32)6-10-21/h4-6,9-16,18,20,32H,2-3,7-8,17H2,1H3. The SMILES string of the molecule is COc1ccc(C=CC2CCC(c3ccc(-c4ccc(CO)cc4)c(F)c3F)CC2)c(F)c1. The van der Waals surface area contributed by atoms with Crippen LogP contribution in [-0.4, -0.2) is 12.2 Å². The van der Waals surface area contributed by atoms with Gasteiger partial charge in [-0.3, -0.25) is 0 Å². The summed E-state index contributed by atoms with van der Waals surface area (Å²) in [5.41, 5.74) is 2.45. The zero-order chi connectivity index (χ0) is 23.4. The summed E-state index contributed by atoms with van der Waals surface area (Å²) in [6.45, 7) is -0.0943. The summed E-state index contributed by atoms with van der Waals surface area (Å²) in [6, 6.07) is 14.9. The van der Waals surface area contributed by atoms with Crippen molar-refractivity contribution < 1.29 is 23.0 Å². The van der Waals surface area contributed by atoms with Crippen LogP contribution in [0.4, 0.5) is 13.2 Å². The Labute approximate surface area is 192 Å². The fourth-order valence-corrected chi connectivity index (χ4v) is 4.52. The second kappa shape index (κ2) is 10.3. The number of hydrogen-bond acceptors (Lipinski definition) is 2. The van der Waals surface area contributed by atoms with Gasteiger partial charge >= 0.3 is 0 Å². The lowest BCUT2D eigenvalue weighted by atomic mass is 9.78. The van der Waals surface area contributed by atoms with Crippen LogP contribution in [0.25, 0.3) is 17.2 Å². The molecule has 33 heavy (non-hydrogen) atoms. The Morgan fingerprint density at radius 1 is 0.909 bits per heavy atom. The van der Waals surface area contributed by atoms with Gasteiger partial charge in [-0.15, -0.1) is 0 Å². The van der Waals surface area contributed by atoms with E-state index in [1.807, 2.05) is 6.08 Å². The first kappa shape index (κ1) is 23.1. The van der Waals surface area contributed by atoms with Crippen molar-refractivity contribution in [2.75, 3.05) is 7.11 Å². The number of aliphatic hydroxyl groups excluding tert-OH is 1. The fraction of sp³-hybridized carbons (Fsp3) is 0.286. The topological polar surface area (TPSA) is 29.5 Å². The number of hydrogen-bond donors (Lipinski definition) is 1. The Hall–Kier alpha value is -3.05. The minimum Gasteiger partial charge on any atom is -0.497 e. The van der Waals surface area contributed by atoms with Crippen molar-refractivity contribution >= 4 is 6.08 Å². The molecule has 0 spiro atoms. The first-order chi connectivity index (χ1) is 16.0. The summed E-state index contributed by atoms with van der Waals surface area (Å²) in [7, 11) is 1.50. The maximum Gasteiger partial charge on any atom is 0.166 e. The molecule has 1 aliphatic carbocycles. The molecule has 1 saturated carbocycles. The van der Waals surface area contributed by atoms with Gasteiger partial charge in [0.25, 0.3) is 0 Å². The fourth-order valence-electron chi connectivity index (χ4n) is 4.52. The Balaban J connectivity index is 1.42. The molecule has 1 aliphatic rings. The molecule has 2 nitrogen and oxygen atoms in total. The number of halogens is 3. The van der Waals surface area contributed by atoms with E-state index in [2.05, 4.69) is 0 Å². The Bertz CT molecular complexity index is 1130. The minimum absolute atomic E-state index is 0.0345. The largest absolute Gasteiger partial charge is 0.497 e. The summed E-state index contributed by atoms with van der Waals surface area (Å²) in [5.74, 6) is -1.22. The Morgan fingerprint density at radius 2 is 1.64 bits per heavy atom. The molecule has 0 saturated heterocycles. The maximum absolute atomic E-state index is 15.0. The lowest BCUT2D eigenvalue weighted by Crippen LogP contribution is -2.13. The zero-order valence-electron chi connectivity index (χ0n) is 18.5. The van der Waals surface area contributed by atoms with Gasteiger partial charge in [0.15, 0.2) is 11.6 Å². The first-order valence-electron chi connectivity index (χ1n) is 11.2. The third-order valence-electron chi connectivity index (χ3n) is 6.53. The van der Waals surface area contributed by atoms with Crippen LogP contribution in [0.3, 0.4) is 0 Å². The van der Waals surface area contributed by atoms with Crippen molar-refractivity contribution in [3.8, 4) is 16.9 Å². The van der Waals surface area contributed by atoms with Crippen molar-refractivity contribution in [3.63, 3.8) is 0 Å². The summed E-state index contributed by atoms with van der Waals surface area (Å²) in [5, 5.41) is 9.16. The van der Waals surface area contributed by atoms with Gasteiger partial charge in [-0.25, -0.2) is 13.2 Å². The number of allylic oxidation sites excluding steroid dienone is 1. The lowest BCUT2D eigenvalue weighted by Gasteiger charge is -2.27. The highest BCUT2D eigenvalue weighted by Crippen LogP contribution is 2.39. The second-order valence-corrected chi connectivity index (χ2v) is 8.54. The zero-order valence-corrected chi connectivity index (χ0v) is 18.5. The maximum atomic E-state index is 15.0. The molecule has 0 unspecified atom stereocenters. The Kier molecular flexibility index (Phi) is 7.19. The molecule has 5 heteroatoms. The molecule has 0 heterocycles. The van der Waals surface area contributed by atoms with Gasteiger partial charge in [-0.1, -0.05) is 48.6 Å². The highest BCUT2D eigenvalue weighted by atomic mass is 19.2. The van der Waals surface area contributed by atoms with Crippen molar-refractivity contribution in [2.24, 2.45) is 5.92 Å². The number of rotatable bonds is 6. The van der Waals surface area contributed by atoms with E-state index < -0.39 is 11.6 Å². The quantitative estimate of drug-likeness (QED) is 0.427. The molecule has 0 aliphatic heterocycles. The molecule has 0 radical (unpaired) electrons. The molecule has 172 valence electrons. The number of methoxy groups -OCH3 is 1. The number of ether oxygens (including phenoxy) is 1. The predicted molar refractivity (Wildman–Crippen MR) is 124 cm³/mol. The van der Waals surface area contributed by atoms with Gasteiger partial charge < -0.3 is 9.84 Å². The van der Waals surface area contributed by atoms with E-state index in [0.717, 1.165) is 31.2 Å². The molecule has 0 bridgehead atoms. The van der Waals surface area contributed by atoms with Gasteiger partial charge in [0.05, 0.1) is 13.7 Å².